The van der Waals surface area contributed by atoms with Gasteiger partial charge in [0.15, 0.2) is 0 Å². The summed E-state index contributed by atoms with van der Waals surface area (Å²) < 4.78 is 0. The number of anilines is 2. The van der Waals surface area contributed by atoms with Crippen LogP contribution in [0, 0.1) is 0 Å². The molecule has 0 aliphatic rings. The van der Waals surface area contributed by atoms with E-state index in [1.165, 1.54) is 6.33 Å². The molecule has 0 amide bonds. The molecule has 2 aromatic rings. The molecule has 2 heterocycles. The largest absolute Gasteiger partial charge is 0.383 e. The molecular weight excluding hydrogens is 204 g/mol. The Morgan fingerprint density at radius 3 is 2.44 bits per heavy atom. The van der Waals surface area contributed by atoms with Gasteiger partial charge in [0.2, 0.25) is 5.95 Å². The molecule has 4 N–H and O–H groups in total. The van der Waals surface area contributed by atoms with Crippen LogP contribution in [0.2, 0.25) is 0 Å². The van der Waals surface area contributed by atoms with Crippen molar-refractivity contribution in [2.75, 3.05) is 11.5 Å². The highest BCUT2D eigenvalue weighted by molar-refractivity contribution is 5.46. The summed E-state index contributed by atoms with van der Waals surface area (Å²) in [6.45, 7) is 1.99. The Balaban J connectivity index is 2.38. The van der Waals surface area contributed by atoms with Gasteiger partial charge in [0.1, 0.15) is 12.1 Å². The minimum atomic E-state index is 0.0433. The Morgan fingerprint density at radius 1 is 1.12 bits per heavy atom. The predicted octanol–water partition coefficient (Wildman–Crippen LogP) is 0.583. The van der Waals surface area contributed by atoms with E-state index in [2.05, 4.69) is 19.9 Å². The third kappa shape index (κ3) is 1.90. The molecule has 2 aromatic heterocycles. The lowest BCUT2D eigenvalue weighted by Gasteiger charge is -2.12. The lowest BCUT2D eigenvalue weighted by Crippen LogP contribution is -2.07. The third-order valence-corrected chi connectivity index (χ3v) is 2.41. The van der Waals surface area contributed by atoms with Crippen LogP contribution in [0.3, 0.4) is 0 Å². The Kier molecular flexibility index (Phi) is 2.63. The fourth-order valence-electron chi connectivity index (χ4n) is 1.47. The van der Waals surface area contributed by atoms with Crippen molar-refractivity contribution in [3.8, 4) is 0 Å². The Bertz CT molecular complexity index is 484. The van der Waals surface area contributed by atoms with Crippen LogP contribution in [-0.4, -0.2) is 19.9 Å². The molecule has 1 atom stereocenters. The lowest BCUT2D eigenvalue weighted by atomic mass is 9.97. The second kappa shape index (κ2) is 4.09. The van der Waals surface area contributed by atoms with Crippen LogP contribution in [0.5, 0.6) is 0 Å². The molecule has 0 bridgehead atoms. The van der Waals surface area contributed by atoms with Gasteiger partial charge in [-0.3, -0.25) is 0 Å². The van der Waals surface area contributed by atoms with E-state index in [1.54, 1.807) is 18.6 Å². The van der Waals surface area contributed by atoms with E-state index >= 15 is 0 Å². The van der Waals surface area contributed by atoms with E-state index in [0.717, 1.165) is 11.1 Å². The minimum absolute atomic E-state index is 0.0433. The van der Waals surface area contributed by atoms with Gasteiger partial charge < -0.3 is 11.5 Å². The van der Waals surface area contributed by atoms with Gasteiger partial charge in [-0.1, -0.05) is 6.92 Å². The smallest absolute Gasteiger partial charge is 0.221 e. The molecule has 0 radical (unpaired) electrons. The third-order valence-electron chi connectivity index (χ3n) is 2.41. The van der Waals surface area contributed by atoms with Crippen molar-refractivity contribution in [2.24, 2.45) is 0 Å². The predicted molar refractivity (Wildman–Crippen MR) is 60.4 cm³/mol. The molecule has 0 aliphatic carbocycles. The summed E-state index contributed by atoms with van der Waals surface area (Å²) in [5.74, 6) is 0.614. The summed E-state index contributed by atoms with van der Waals surface area (Å²) in [4.78, 5) is 15.8. The van der Waals surface area contributed by atoms with E-state index in [9.17, 15) is 0 Å². The van der Waals surface area contributed by atoms with E-state index in [-0.39, 0.29) is 11.9 Å². The first-order chi connectivity index (χ1) is 7.68. The molecule has 0 aliphatic heterocycles. The van der Waals surface area contributed by atoms with Gasteiger partial charge in [0.25, 0.3) is 0 Å². The zero-order valence-corrected chi connectivity index (χ0v) is 8.83. The summed E-state index contributed by atoms with van der Waals surface area (Å²) in [7, 11) is 0. The van der Waals surface area contributed by atoms with Gasteiger partial charge >= 0.3 is 0 Å². The van der Waals surface area contributed by atoms with E-state index in [4.69, 9.17) is 11.5 Å². The van der Waals surface area contributed by atoms with Crippen molar-refractivity contribution in [3.63, 3.8) is 0 Å². The molecule has 0 spiro atoms. The quantitative estimate of drug-likeness (QED) is 0.761. The van der Waals surface area contributed by atoms with Gasteiger partial charge in [-0.15, -0.1) is 0 Å². The normalized spacial score (nSPS) is 12.3. The van der Waals surface area contributed by atoms with Gasteiger partial charge in [0.05, 0.1) is 0 Å². The first-order valence-corrected chi connectivity index (χ1v) is 4.81. The number of rotatable bonds is 2. The molecular formula is C10H12N6. The number of nitrogen functional groups attached to an aromatic ring is 2. The average Bonchev–Trinajstić information content (AvgIpc) is 2.29. The SMILES string of the molecule is CC(c1cncnc1)c1cnc(N)nc1N. The van der Waals surface area contributed by atoms with Gasteiger partial charge in [0, 0.05) is 30.1 Å². The summed E-state index contributed by atoms with van der Waals surface area (Å²) in [5.41, 5.74) is 13.0. The number of hydrogen-bond acceptors (Lipinski definition) is 6. The van der Waals surface area contributed by atoms with E-state index < -0.39 is 0 Å². The zero-order chi connectivity index (χ0) is 11.5. The summed E-state index contributed by atoms with van der Waals surface area (Å²) in [5, 5.41) is 0. The van der Waals surface area contributed by atoms with Crippen LogP contribution in [0.4, 0.5) is 11.8 Å². The second-order valence-electron chi connectivity index (χ2n) is 3.46. The molecule has 0 saturated carbocycles. The summed E-state index contributed by atoms with van der Waals surface area (Å²) in [6.07, 6.45) is 6.61. The van der Waals surface area contributed by atoms with E-state index in [0.29, 0.717) is 5.82 Å². The van der Waals surface area contributed by atoms with E-state index in [1.807, 2.05) is 6.92 Å². The van der Waals surface area contributed by atoms with Crippen LogP contribution >= 0.6 is 0 Å². The average molecular weight is 216 g/mol. The van der Waals surface area contributed by atoms with Crippen LogP contribution in [0.15, 0.2) is 24.9 Å². The van der Waals surface area contributed by atoms with Crippen molar-refractivity contribution in [2.45, 2.75) is 12.8 Å². The maximum atomic E-state index is 5.79. The molecule has 0 saturated heterocycles. The standard InChI is InChI=1S/C10H12N6/c1-6(7-2-13-5-14-3-7)8-4-15-10(12)16-9(8)11/h2-6H,1H3,(H4,11,12,15,16). The molecule has 2 rings (SSSR count). The van der Waals surface area contributed by atoms with Crippen molar-refractivity contribution >= 4 is 11.8 Å². The van der Waals surface area contributed by atoms with Crippen molar-refractivity contribution in [1.29, 1.82) is 0 Å². The highest BCUT2D eigenvalue weighted by atomic mass is 15.0. The number of aromatic nitrogens is 4. The van der Waals surface area contributed by atoms with Gasteiger partial charge in [-0.2, -0.15) is 4.98 Å². The summed E-state index contributed by atoms with van der Waals surface area (Å²) in [6, 6.07) is 0. The Morgan fingerprint density at radius 2 is 1.81 bits per heavy atom. The topological polar surface area (TPSA) is 104 Å². The lowest BCUT2D eigenvalue weighted by molar-refractivity contribution is 0.880. The molecule has 82 valence electrons. The van der Waals surface area contributed by atoms with Crippen LogP contribution in [-0.2, 0) is 0 Å². The van der Waals surface area contributed by atoms with Gasteiger partial charge in [-0.25, -0.2) is 15.0 Å². The van der Waals surface area contributed by atoms with Crippen LogP contribution in [0.1, 0.15) is 24.0 Å². The number of nitrogens with two attached hydrogens (primary N) is 2. The zero-order valence-electron chi connectivity index (χ0n) is 8.83. The molecule has 0 aromatic carbocycles. The van der Waals surface area contributed by atoms with Gasteiger partial charge in [-0.05, 0) is 5.56 Å². The minimum Gasteiger partial charge on any atom is -0.383 e. The molecule has 1 unspecified atom stereocenters. The van der Waals surface area contributed by atoms with Crippen LogP contribution < -0.4 is 11.5 Å². The maximum Gasteiger partial charge on any atom is 0.221 e. The van der Waals surface area contributed by atoms with Crippen molar-refractivity contribution in [3.05, 3.63) is 36.0 Å². The monoisotopic (exact) mass is 216 g/mol. The second-order valence-corrected chi connectivity index (χ2v) is 3.46. The number of hydrogen-bond donors (Lipinski definition) is 2. The number of nitrogens with zero attached hydrogens (tertiary/aromatic N) is 4. The fraction of sp³-hybridized carbons (Fsp3) is 0.200. The Hall–Kier alpha value is -2.24. The maximum absolute atomic E-state index is 5.79. The molecule has 16 heavy (non-hydrogen) atoms. The summed E-state index contributed by atoms with van der Waals surface area (Å²) >= 11 is 0. The molecule has 6 heteroatoms. The molecule has 6 nitrogen and oxygen atoms in total. The first-order valence-electron chi connectivity index (χ1n) is 4.81. The first kappa shape index (κ1) is 10.3. The van der Waals surface area contributed by atoms with Crippen LogP contribution in [0.25, 0.3) is 0 Å². The highest BCUT2D eigenvalue weighted by Gasteiger charge is 2.13. The molecule has 0 fully saturated rings. The Labute approximate surface area is 92.8 Å². The van der Waals surface area contributed by atoms with Crippen molar-refractivity contribution < 1.29 is 0 Å². The highest BCUT2D eigenvalue weighted by Crippen LogP contribution is 2.25. The van der Waals surface area contributed by atoms with Crippen molar-refractivity contribution in [1.82, 2.24) is 19.9 Å². The fourth-order valence-corrected chi connectivity index (χ4v) is 1.47.